The molecular weight excluding hydrogens is 227 g/mol. The van der Waals surface area contributed by atoms with Crippen LogP contribution in [0.5, 0.6) is 0 Å². The Morgan fingerprint density at radius 3 is 2.75 bits per heavy atom. The molecule has 0 aliphatic heterocycles. The van der Waals surface area contributed by atoms with Gasteiger partial charge < -0.3 is 4.74 Å². The van der Waals surface area contributed by atoms with Crippen molar-refractivity contribution in [1.29, 1.82) is 0 Å². The van der Waals surface area contributed by atoms with Gasteiger partial charge in [-0.05, 0) is 29.1 Å². The van der Waals surface area contributed by atoms with Crippen LogP contribution >= 0.6 is 11.3 Å². The molecule has 0 aliphatic carbocycles. The summed E-state index contributed by atoms with van der Waals surface area (Å²) in [5, 5.41) is 1.92. The second-order valence-electron chi connectivity index (χ2n) is 3.16. The summed E-state index contributed by atoms with van der Waals surface area (Å²) in [7, 11) is 1.23. The summed E-state index contributed by atoms with van der Waals surface area (Å²) in [4.78, 5) is 12.1. The Morgan fingerprint density at radius 1 is 1.38 bits per heavy atom. The predicted molar refractivity (Wildman–Crippen MR) is 61.1 cm³/mol. The monoisotopic (exact) mass is 236 g/mol. The van der Waals surface area contributed by atoms with E-state index in [0.717, 1.165) is 10.4 Å². The molecule has 0 saturated carbocycles. The van der Waals surface area contributed by atoms with E-state index in [9.17, 15) is 9.18 Å². The summed E-state index contributed by atoms with van der Waals surface area (Å²) >= 11 is 1.52. The van der Waals surface area contributed by atoms with E-state index >= 15 is 0 Å². The van der Waals surface area contributed by atoms with Gasteiger partial charge in [0.25, 0.3) is 0 Å². The summed E-state index contributed by atoms with van der Waals surface area (Å²) in [6.45, 7) is 0. The summed E-state index contributed by atoms with van der Waals surface area (Å²) in [6.07, 6.45) is 0. The van der Waals surface area contributed by atoms with Crippen LogP contribution in [-0.4, -0.2) is 13.1 Å². The fourth-order valence-electron chi connectivity index (χ4n) is 1.39. The Labute approximate surface area is 96.3 Å². The zero-order valence-electron chi connectivity index (χ0n) is 8.57. The van der Waals surface area contributed by atoms with Gasteiger partial charge in [0.1, 0.15) is 5.82 Å². The van der Waals surface area contributed by atoms with Crippen LogP contribution in [0.2, 0.25) is 0 Å². The summed E-state index contributed by atoms with van der Waals surface area (Å²) in [6, 6.07) is 8.29. The van der Waals surface area contributed by atoms with E-state index in [4.69, 9.17) is 0 Å². The number of halogens is 1. The lowest BCUT2D eigenvalue weighted by molar-refractivity contribution is 0.0595. The Bertz CT molecular complexity index is 506. The van der Waals surface area contributed by atoms with Crippen LogP contribution in [0, 0.1) is 5.82 Å². The zero-order valence-corrected chi connectivity index (χ0v) is 9.38. The molecule has 0 N–H and O–H groups in total. The third-order valence-corrected chi connectivity index (χ3v) is 3.10. The van der Waals surface area contributed by atoms with E-state index in [1.165, 1.54) is 30.6 Å². The highest BCUT2D eigenvalue weighted by Gasteiger charge is 2.12. The van der Waals surface area contributed by atoms with Gasteiger partial charge in [-0.15, -0.1) is 11.3 Å². The predicted octanol–water partition coefficient (Wildman–Crippen LogP) is 3.34. The van der Waals surface area contributed by atoms with Crippen LogP contribution in [0.3, 0.4) is 0 Å². The van der Waals surface area contributed by atoms with E-state index in [2.05, 4.69) is 4.74 Å². The molecule has 1 heterocycles. The molecule has 2 nitrogen and oxygen atoms in total. The van der Waals surface area contributed by atoms with Gasteiger partial charge in [-0.3, -0.25) is 0 Å². The molecule has 1 aromatic heterocycles. The Balaban J connectivity index is 2.41. The smallest absolute Gasteiger partial charge is 0.340 e. The van der Waals surface area contributed by atoms with Crippen molar-refractivity contribution in [3.63, 3.8) is 0 Å². The minimum atomic E-state index is -0.657. The molecule has 0 unspecified atom stereocenters. The summed E-state index contributed by atoms with van der Waals surface area (Å²) in [5.41, 5.74) is 0.725. The van der Waals surface area contributed by atoms with Gasteiger partial charge in [0.15, 0.2) is 0 Å². The quantitative estimate of drug-likeness (QED) is 0.747. The van der Waals surface area contributed by atoms with Gasteiger partial charge in [0.05, 0.1) is 12.7 Å². The standard InChI is InChI=1S/C12H9FO2S/c1-15-12(14)9-5-4-8(7-10(9)13)11-3-2-6-16-11/h2-7H,1H3. The van der Waals surface area contributed by atoms with Crippen molar-refractivity contribution in [1.82, 2.24) is 0 Å². The van der Waals surface area contributed by atoms with Crippen molar-refractivity contribution in [2.24, 2.45) is 0 Å². The van der Waals surface area contributed by atoms with Crippen LogP contribution in [0.25, 0.3) is 10.4 Å². The fourth-order valence-corrected chi connectivity index (χ4v) is 2.11. The van der Waals surface area contributed by atoms with Gasteiger partial charge in [0, 0.05) is 4.88 Å². The molecule has 82 valence electrons. The fraction of sp³-hybridized carbons (Fsp3) is 0.0833. The number of hydrogen-bond acceptors (Lipinski definition) is 3. The summed E-state index contributed by atoms with van der Waals surface area (Å²) < 4.78 is 18.1. The van der Waals surface area contributed by atoms with Gasteiger partial charge in [0.2, 0.25) is 0 Å². The molecule has 0 fully saturated rings. The van der Waals surface area contributed by atoms with Crippen LogP contribution < -0.4 is 0 Å². The number of carbonyl (C=O) groups is 1. The maximum absolute atomic E-state index is 13.6. The van der Waals surface area contributed by atoms with Crippen molar-refractivity contribution in [3.05, 3.63) is 47.1 Å². The third-order valence-electron chi connectivity index (χ3n) is 2.18. The van der Waals surface area contributed by atoms with E-state index in [1.54, 1.807) is 6.07 Å². The van der Waals surface area contributed by atoms with E-state index in [-0.39, 0.29) is 5.56 Å². The Kier molecular flexibility index (Phi) is 3.01. The van der Waals surface area contributed by atoms with E-state index in [0.29, 0.717) is 0 Å². The molecule has 2 aromatic rings. The number of ether oxygens (including phenoxy) is 1. The maximum atomic E-state index is 13.6. The molecule has 2 rings (SSSR count). The average molecular weight is 236 g/mol. The number of hydrogen-bond donors (Lipinski definition) is 0. The second-order valence-corrected chi connectivity index (χ2v) is 4.11. The highest BCUT2D eigenvalue weighted by Crippen LogP contribution is 2.26. The molecule has 0 amide bonds. The first kappa shape index (κ1) is 10.8. The number of esters is 1. The average Bonchev–Trinajstić information content (AvgIpc) is 2.81. The molecule has 16 heavy (non-hydrogen) atoms. The summed E-state index contributed by atoms with van der Waals surface area (Å²) in [5.74, 6) is -1.21. The molecule has 1 aromatic carbocycles. The third kappa shape index (κ3) is 1.97. The van der Waals surface area contributed by atoms with Crippen molar-refractivity contribution >= 4 is 17.3 Å². The number of carbonyl (C=O) groups excluding carboxylic acids is 1. The lowest BCUT2D eigenvalue weighted by atomic mass is 10.1. The Hall–Kier alpha value is -1.68. The highest BCUT2D eigenvalue weighted by atomic mass is 32.1. The molecule has 0 radical (unpaired) electrons. The topological polar surface area (TPSA) is 26.3 Å². The SMILES string of the molecule is COC(=O)c1ccc(-c2cccs2)cc1F. The molecular formula is C12H9FO2S. The zero-order chi connectivity index (χ0) is 11.5. The van der Waals surface area contributed by atoms with Gasteiger partial charge >= 0.3 is 5.97 Å². The minimum absolute atomic E-state index is 0.0391. The minimum Gasteiger partial charge on any atom is -0.465 e. The Morgan fingerprint density at radius 2 is 2.19 bits per heavy atom. The lowest BCUT2D eigenvalue weighted by Crippen LogP contribution is -2.04. The van der Waals surface area contributed by atoms with Crippen LogP contribution in [-0.2, 0) is 4.74 Å². The lowest BCUT2D eigenvalue weighted by Gasteiger charge is -2.03. The highest BCUT2D eigenvalue weighted by molar-refractivity contribution is 7.13. The van der Waals surface area contributed by atoms with Gasteiger partial charge in [-0.1, -0.05) is 12.1 Å². The van der Waals surface area contributed by atoms with Crippen molar-refractivity contribution < 1.29 is 13.9 Å². The number of thiophene rings is 1. The van der Waals surface area contributed by atoms with Gasteiger partial charge in [-0.2, -0.15) is 0 Å². The molecule has 0 aliphatic rings. The molecule has 0 spiro atoms. The van der Waals surface area contributed by atoms with Crippen LogP contribution in [0.4, 0.5) is 4.39 Å². The first-order valence-electron chi connectivity index (χ1n) is 4.64. The second kappa shape index (κ2) is 4.45. The first-order chi connectivity index (χ1) is 7.72. The van der Waals surface area contributed by atoms with Crippen molar-refractivity contribution in [3.8, 4) is 10.4 Å². The molecule has 4 heteroatoms. The maximum Gasteiger partial charge on any atom is 0.340 e. The van der Waals surface area contributed by atoms with Crippen molar-refractivity contribution in [2.75, 3.05) is 7.11 Å². The molecule has 0 saturated heterocycles. The number of benzene rings is 1. The number of methoxy groups -OCH3 is 1. The number of rotatable bonds is 2. The first-order valence-corrected chi connectivity index (χ1v) is 5.52. The molecule has 0 atom stereocenters. The van der Waals surface area contributed by atoms with Crippen LogP contribution in [0.15, 0.2) is 35.7 Å². The van der Waals surface area contributed by atoms with Crippen molar-refractivity contribution in [2.45, 2.75) is 0 Å². The van der Waals surface area contributed by atoms with E-state index < -0.39 is 11.8 Å². The van der Waals surface area contributed by atoms with Crippen LogP contribution in [0.1, 0.15) is 10.4 Å². The normalized spacial score (nSPS) is 10.1. The van der Waals surface area contributed by atoms with E-state index in [1.807, 2.05) is 17.5 Å². The largest absolute Gasteiger partial charge is 0.465 e. The molecule has 0 bridgehead atoms. The van der Waals surface area contributed by atoms with Gasteiger partial charge in [-0.25, -0.2) is 9.18 Å².